The number of fused-ring (bicyclic) bond motifs is 3. The molecular weight excluding hydrogens is 536 g/mol. The van der Waals surface area contributed by atoms with Crippen molar-refractivity contribution in [1.29, 1.82) is 0 Å². The molecule has 5 rings (SSSR count). The summed E-state index contributed by atoms with van der Waals surface area (Å²) in [6, 6.07) is 8.44. The van der Waals surface area contributed by atoms with Crippen LogP contribution >= 0.6 is 0 Å². The van der Waals surface area contributed by atoms with Crippen LogP contribution < -0.4 is 5.73 Å². The van der Waals surface area contributed by atoms with E-state index in [0.717, 1.165) is 0 Å². The number of nitrogens with two attached hydrogens (primary N) is 1. The number of primary amides is 1. The first kappa shape index (κ1) is 27.8. The third-order valence-corrected chi connectivity index (χ3v) is 7.99. The van der Waals surface area contributed by atoms with Gasteiger partial charge in [-0.15, -0.1) is 0 Å². The second kappa shape index (κ2) is 9.41. The molecule has 41 heavy (non-hydrogen) atoms. The van der Waals surface area contributed by atoms with Gasteiger partial charge in [-0.2, -0.15) is 0 Å². The van der Waals surface area contributed by atoms with Crippen molar-refractivity contribution in [3.8, 4) is 5.75 Å². The fourth-order valence-corrected chi connectivity index (χ4v) is 6.25. The van der Waals surface area contributed by atoms with Gasteiger partial charge >= 0.3 is 5.97 Å². The SMILES string of the molecule is CN(C)[C@H]1C(=O)C(C(N)=O)=C(O)[C@]2(O)C(=O)C3=C(O)c4c(O)cccc4/C(=C\c4cccc(C(=O)O)c4)[C@@H]3[C@@H](O)[C@H]12. The number of likely N-dealkylation sites (N-methyl/N-ethyl adjacent to an activating group) is 1. The summed E-state index contributed by atoms with van der Waals surface area (Å²) in [6.07, 6.45) is -0.380. The third-order valence-electron chi connectivity index (χ3n) is 7.99. The molecule has 1 amide bonds. The van der Waals surface area contributed by atoms with Gasteiger partial charge in [0.1, 0.15) is 22.8 Å². The van der Waals surface area contributed by atoms with Crippen LogP contribution in [-0.4, -0.2) is 90.8 Å². The maximum Gasteiger partial charge on any atom is 0.335 e. The fraction of sp³-hybridized carbons (Fsp3) is 0.241. The van der Waals surface area contributed by atoms with Gasteiger partial charge in [0.2, 0.25) is 5.78 Å². The number of benzene rings is 2. The number of nitrogens with zero attached hydrogens (tertiary/aromatic N) is 1. The minimum Gasteiger partial charge on any atom is -0.508 e. The minimum absolute atomic E-state index is 0.0564. The average Bonchev–Trinajstić information content (AvgIpc) is 2.90. The summed E-state index contributed by atoms with van der Waals surface area (Å²) in [6.45, 7) is 0. The number of aliphatic hydroxyl groups excluding tert-OH is 3. The van der Waals surface area contributed by atoms with Crippen molar-refractivity contribution < 1.29 is 49.8 Å². The number of aromatic hydroxyl groups is 1. The molecule has 0 spiro atoms. The normalized spacial score (nSPS) is 28.5. The van der Waals surface area contributed by atoms with Crippen molar-refractivity contribution in [2.45, 2.75) is 17.7 Å². The molecule has 0 aliphatic heterocycles. The minimum atomic E-state index is -3.05. The molecule has 0 aromatic heterocycles. The van der Waals surface area contributed by atoms with Crippen LogP contribution in [0.1, 0.15) is 27.0 Å². The molecule has 3 aliphatic carbocycles. The number of aliphatic hydroxyl groups is 4. The fourth-order valence-electron chi connectivity index (χ4n) is 6.25. The number of carboxylic acid groups (broad SMARTS) is 1. The van der Waals surface area contributed by atoms with Gasteiger partial charge in [0.15, 0.2) is 11.4 Å². The highest BCUT2D eigenvalue weighted by molar-refractivity contribution is 6.25. The first-order valence-electron chi connectivity index (χ1n) is 12.4. The first-order valence-corrected chi connectivity index (χ1v) is 12.4. The topological polar surface area (TPSA) is 219 Å². The van der Waals surface area contributed by atoms with Crippen molar-refractivity contribution in [3.63, 3.8) is 0 Å². The molecule has 12 heteroatoms. The van der Waals surface area contributed by atoms with Crippen LogP contribution in [0.15, 0.2) is 59.4 Å². The van der Waals surface area contributed by atoms with E-state index >= 15 is 0 Å². The van der Waals surface area contributed by atoms with Crippen LogP contribution in [0.5, 0.6) is 5.75 Å². The number of aromatic carboxylic acids is 1. The summed E-state index contributed by atoms with van der Waals surface area (Å²) in [5.74, 6) is -10.7. The van der Waals surface area contributed by atoms with Crippen LogP contribution in [0.4, 0.5) is 0 Å². The maximum absolute atomic E-state index is 14.1. The van der Waals surface area contributed by atoms with Crippen molar-refractivity contribution >= 4 is 40.9 Å². The second-order valence-electron chi connectivity index (χ2n) is 10.4. The number of carboxylic acids is 1. The van der Waals surface area contributed by atoms with Gasteiger partial charge in [0.05, 0.1) is 34.8 Å². The van der Waals surface area contributed by atoms with Crippen LogP contribution in [0.2, 0.25) is 0 Å². The second-order valence-corrected chi connectivity index (χ2v) is 10.4. The predicted octanol–water partition coefficient (Wildman–Crippen LogP) is 0.631. The molecule has 0 radical (unpaired) electrons. The monoisotopic (exact) mass is 562 g/mol. The van der Waals surface area contributed by atoms with Gasteiger partial charge in [-0.3, -0.25) is 19.3 Å². The third kappa shape index (κ3) is 3.79. The van der Waals surface area contributed by atoms with E-state index < -0.39 is 81.4 Å². The molecule has 0 unspecified atom stereocenters. The molecule has 2 aromatic rings. The van der Waals surface area contributed by atoms with Gasteiger partial charge < -0.3 is 36.4 Å². The number of phenolic OH excluding ortho intramolecular Hbond substituents is 1. The largest absolute Gasteiger partial charge is 0.508 e. The lowest BCUT2D eigenvalue weighted by atomic mass is 9.55. The van der Waals surface area contributed by atoms with Crippen molar-refractivity contribution in [3.05, 3.63) is 81.6 Å². The molecule has 2 aromatic carbocycles. The zero-order valence-corrected chi connectivity index (χ0v) is 21.8. The molecular formula is C29H26N2O10. The lowest BCUT2D eigenvalue weighted by molar-refractivity contribution is -0.166. The van der Waals surface area contributed by atoms with E-state index in [1.165, 1.54) is 61.5 Å². The highest BCUT2D eigenvalue weighted by atomic mass is 16.4. The number of ketones is 2. The highest BCUT2D eigenvalue weighted by Crippen LogP contribution is 2.56. The number of hydrogen-bond donors (Lipinski definition) is 7. The van der Waals surface area contributed by atoms with E-state index in [0.29, 0.717) is 5.56 Å². The molecule has 0 saturated heterocycles. The summed E-state index contributed by atoms with van der Waals surface area (Å²) in [5.41, 5.74) is 1.08. The zero-order valence-electron chi connectivity index (χ0n) is 21.8. The Morgan fingerprint density at radius 2 is 1.71 bits per heavy atom. The van der Waals surface area contributed by atoms with E-state index in [4.69, 9.17) is 5.73 Å². The molecule has 0 heterocycles. The molecule has 8 N–H and O–H groups in total. The van der Waals surface area contributed by atoms with Gasteiger partial charge in [0.25, 0.3) is 5.91 Å². The lowest BCUT2D eigenvalue weighted by Gasteiger charge is -2.53. The van der Waals surface area contributed by atoms with E-state index in [9.17, 15) is 49.8 Å². The van der Waals surface area contributed by atoms with E-state index in [1.54, 1.807) is 6.07 Å². The summed E-state index contributed by atoms with van der Waals surface area (Å²) in [5, 5.41) is 66.1. The van der Waals surface area contributed by atoms with Crippen molar-refractivity contribution in [1.82, 2.24) is 4.90 Å². The summed E-state index contributed by atoms with van der Waals surface area (Å²) in [7, 11) is 2.82. The Labute approximate surface area is 232 Å². The van der Waals surface area contributed by atoms with Crippen molar-refractivity contribution in [2.24, 2.45) is 17.6 Å². The molecule has 212 valence electrons. The number of amides is 1. The average molecular weight is 563 g/mol. The highest BCUT2D eigenvalue weighted by Gasteiger charge is 2.68. The van der Waals surface area contributed by atoms with Crippen molar-refractivity contribution in [2.75, 3.05) is 14.1 Å². The molecule has 1 fully saturated rings. The standard InChI is InChI=1S/C29H26N2O10/c1-31(2)21-20-23(34)17-14(10-11-5-3-6-12(9-11)28(39)40)13-7-4-8-15(32)16(13)22(33)18(17)25(36)29(20,41)26(37)19(24(21)35)27(30)38/h3-10,17,20-21,23,32-34,37,41H,1-2H3,(H2,30,38)(H,39,40)/b14-10+/t17-,20-,21+,23+,29+/m0/s1. The molecule has 12 nitrogen and oxygen atoms in total. The zero-order chi connectivity index (χ0) is 30.1. The number of phenols is 1. The summed E-state index contributed by atoms with van der Waals surface area (Å²) >= 11 is 0. The molecule has 0 bridgehead atoms. The Kier molecular flexibility index (Phi) is 6.37. The van der Waals surface area contributed by atoms with Crippen LogP contribution in [-0.2, 0) is 14.4 Å². The molecule has 3 aliphatic rings. The Morgan fingerprint density at radius 3 is 2.32 bits per heavy atom. The summed E-state index contributed by atoms with van der Waals surface area (Å²) < 4.78 is 0. The molecule has 1 saturated carbocycles. The Morgan fingerprint density at radius 1 is 1.05 bits per heavy atom. The van der Waals surface area contributed by atoms with Gasteiger partial charge in [0, 0.05) is 5.92 Å². The Hall–Kier alpha value is -4.78. The van der Waals surface area contributed by atoms with Gasteiger partial charge in [-0.1, -0.05) is 30.3 Å². The smallest absolute Gasteiger partial charge is 0.335 e. The first-order chi connectivity index (χ1) is 19.2. The van der Waals surface area contributed by atoms with Crippen LogP contribution in [0, 0.1) is 11.8 Å². The quantitative estimate of drug-likeness (QED) is 0.256. The number of rotatable bonds is 4. The predicted molar refractivity (Wildman–Crippen MR) is 143 cm³/mol. The van der Waals surface area contributed by atoms with E-state index in [-0.39, 0.29) is 22.3 Å². The van der Waals surface area contributed by atoms with E-state index in [1.807, 2.05) is 0 Å². The van der Waals surface area contributed by atoms with Crippen LogP contribution in [0.25, 0.3) is 17.4 Å². The number of carbonyl (C=O) groups excluding carboxylic acids is 3. The Bertz CT molecular complexity index is 1650. The maximum atomic E-state index is 14.1. The molecule has 5 atom stereocenters. The van der Waals surface area contributed by atoms with Gasteiger partial charge in [-0.05, 0) is 49.0 Å². The summed E-state index contributed by atoms with van der Waals surface area (Å²) in [4.78, 5) is 52.5. The Balaban J connectivity index is 1.85. The number of hydrogen-bond acceptors (Lipinski definition) is 10. The lowest BCUT2D eigenvalue weighted by Crippen LogP contribution is -2.70. The number of carbonyl (C=O) groups is 4. The number of Topliss-reactive ketones (excluding diaryl/α,β-unsaturated/α-hetero) is 2. The van der Waals surface area contributed by atoms with Crippen LogP contribution in [0.3, 0.4) is 0 Å². The van der Waals surface area contributed by atoms with Gasteiger partial charge in [-0.25, -0.2) is 4.79 Å². The van der Waals surface area contributed by atoms with E-state index in [2.05, 4.69) is 0 Å².